The number of carbonyl (C=O) groups is 1. The minimum absolute atomic E-state index is 0.0922. The van der Waals surface area contributed by atoms with Crippen LogP contribution in [0.25, 0.3) is 0 Å². The monoisotopic (exact) mass is 325 g/mol. The lowest BCUT2D eigenvalue weighted by Crippen LogP contribution is -2.38. The van der Waals surface area contributed by atoms with E-state index in [4.69, 9.17) is 44.3 Å². The second-order valence-electron chi connectivity index (χ2n) is 3.91. The van der Waals surface area contributed by atoms with E-state index in [1.54, 1.807) is 7.11 Å². The summed E-state index contributed by atoms with van der Waals surface area (Å²) in [4.78, 5) is 11.6. The van der Waals surface area contributed by atoms with E-state index in [0.29, 0.717) is 27.4 Å². The second kappa shape index (κ2) is 7.80. The lowest BCUT2D eigenvalue weighted by molar-refractivity contribution is -0.124. The summed E-state index contributed by atoms with van der Waals surface area (Å²) < 4.78 is 10.2. The SMILES string of the molecule is COC[C@@H](C)NC(=O)COc1cc(Cl)c(Cl)cc1Cl. The number of halogens is 3. The number of carbonyl (C=O) groups excluding carboxylic acids is 1. The molecule has 7 heteroatoms. The van der Waals surface area contributed by atoms with Gasteiger partial charge >= 0.3 is 0 Å². The molecule has 4 nitrogen and oxygen atoms in total. The van der Waals surface area contributed by atoms with Gasteiger partial charge in [0.1, 0.15) is 5.75 Å². The van der Waals surface area contributed by atoms with Gasteiger partial charge in [0.2, 0.25) is 0 Å². The van der Waals surface area contributed by atoms with Crippen molar-refractivity contribution in [1.82, 2.24) is 5.32 Å². The highest BCUT2D eigenvalue weighted by atomic mass is 35.5. The van der Waals surface area contributed by atoms with Crippen LogP contribution in [0, 0.1) is 0 Å². The molecule has 0 fully saturated rings. The summed E-state index contributed by atoms with van der Waals surface area (Å²) in [7, 11) is 1.56. The predicted molar refractivity (Wildman–Crippen MR) is 76.4 cm³/mol. The summed E-state index contributed by atoms with van der Waals surface area (Å²) in [6.45, 7) is 2.10. The fourth-order valence-corrected chi connectivity index (χ4v) is 1.96. The average Bonchev–Trinajstić information content (AvgIpc) is 2.32. The largest absolute Gasteiger partial charge is 0.482 e. The maximum Gasteiger partial charge on any atom is 0.258 e. The smallest absolute Gasteiger partial charge is 0.258 e. The molecule has 0 aromatic heterocycles. The predicted octanol–water partition coefficient (Wildman–Crippen LogP) is 3.18. The Bertz CT molecular complexity index is 454. The first-order valence-electron chi connectivity index (χ1n) is 5.49. The third-order valence-electron chi connectivity index (χ3n) is 2.16. The molecule has 1 aromatic rings. The molecule has 0 unspecified atom stereocenters. The molecule has 0 saturated carbocycles. The molecule has 0 radical (unpaired) electrons. The van der Waals surface area contributed by atoms with Crippen molar-refractivity contribution in [2.75, 3.05) is 20.3 Å². The van der Waals surface area contributed by atoms with Crippen molar-refractivity contribution in [2.45, 2.75) is 13.0 Å². The van der Waals surface area contributed by atoms with Crippen LogP contribution in [0.1, 0.15) is 6.92 Å². The van der Waals surface area contributed by atoms with Crippen LogP contribution in [0.2, 0.25) is 15.1 Å². The van der Waals surface area contributed by atoms with E-state index in [2.05, 4.69) is 5.32 Å². The van der Waals surface area contributed by atoms with Gasteiger partial charge < -0.3 is 14.8 Å². The van der Waals surface area contributed by atoms with Crippen LogP contribution in [0.5, 0.6) is 5.75 Å². The molecule has 1 aromatic carbocycles. The first kappa shape index (κ1) is 16.4. The molecule has 0 heterocycles. The first-order valence-corrected chi connectivity index (χ1v) is 6.63. The molecule has 0 aliphatic rings. The highest BCUT2D eigenvalue weighted by Gasteiger charge is 2.11. The number of nitrogens with one attached hydrogen (secondary N) is 1. The molecule has 1 N–H and O–H groups in total. The number of methoxy groups -OCH3 is 1. The lowest BCUT2D eigenvalue weighted by Gasteiger charge is -2.14. The molecule has 1 rings (SSSR count). The zero-order chi connectivity index (χ0) is 14.4. The Morgan fingerprint density at radius 2 is 1.89 bits per heavy atom. The fourth-order valence-electron chi connectivity index (χ4n) is 1.37. The van der Waals surface area contributed by atoms with E-state index in [0.717, 1.165) is 0 Å². The lowest BCUT2D eigenvalue weighted by atomic mass is 10.3. The van der Waals surface area contributed by atoms with Crippen molar-refractivity contribution < 1.29 is 14.3 Å². The summed E-state index contributed by atoms with van der Waals surface area (Å²) in [5.74, 6) is 0.0392. The Kier molecular flexibility index (Phi) is 6.72. The number of amides is 1. The van der Waals surface area contributed by atoms with E-state index >= 15 is 0 Å². The highest BCUT2D eigenvalue weighted by molar-refractivity contribution is 6.43. The van der Waals surface area contributed by atoms with Crippen LogP contribution < -0.4 is 10.1 Å². The number of hydrogen-bond acceptors (Lipinski definition) is 3. The van der Waals surface area contributed by atoms with Crippen molar-refractivity contribution in [2.24, 2.45) is 0 Å². The Hall–Kier alpha value is -0.680. The van der Waals surface area contributed by atoms with Gasteiger partial charge in [0, 0.05) is 19.2 Å². The zero-order valence-corrected chi connectivity index (χ0v) is 12.8. The molecule has 0 aliphatic heterocycles. The molecule has 1 atom stereocenters. The topological polar surface area (TPSA) is 47.6 Å². The van der Waals surface area contributed by atoms with Gasteiger partial charge in [-0.2, -0.15) is 0 Å². The molecular weight excluding hydrogens is 312 g/mol. The summed E-state index contributed by atoms with van der Waals surface area (Å²) in [5.41, 5.74) is 0. The number of hydrogen-bond donors (Lipinski definition) is 1. The van der Waals surface area contributed by atoms with Crippen molar-refractivity contribution in [3.63, 3.8) is 0 Å². The summed E-state index contributed by atoms with van der Waals surface area (Å²) in [6, 6.07) is 2.84. The maximum absolute atomic E-state index is 11.6. The quantitative estimate of drug-likeness (QED) is 0.817. The Morgan fingerprint density at radius 3 is 2.53 bits per heavy atom. The van der Waals surface area contributed by atoms with E-state index in [9.17, 15) is 4.79 Å². The normalized spacial score (nSPS) is 12.1. The van der Waals surface area contributed by atoms with Gasteiger partial charge in [0.25, 0.3) is 5.91 Å². The zero-order valence-electron chi connectivity index (χ0n) is 10.5. The average molecular weight is 327 g/mol. The van der Waals surface area contributed by atoms with Crippen molar-refractivity contribution in [3.8, 4) is 5.75 Å². The second-order valence-corrected chi connectivity index (χ2v) is 5.13. The standard InChI is InChI=1S/C12H14Cl3NO3/c1-7(5-18-2)16-12(17)6-19-11-4-9(14)8(13)3-10(11)15/h3-4,7H,5-6H2,1-2H3,(H,16,17)/t7-/m1/s1. The highest BCUT2D eigenvalue weighted by Crippen LogP contribution is 2.33. The summed E-state index contributed by atoms with van der Waals surface area (Å²) in [5, 5.41) is 3.65. The Balaban J connectivity index is 2.53. The van der Waals surface area contributed by atoms with Crippen LogP contribution in [0.4, 0.5) is 0 Å². The van der Waals surface area contributed by atoms with Gasteiger partial charge in [-0.3, -0.25) is 4.79 Å². The van der Waals surface area contributed by atoms with Gasteiger partial charge in [0.15, 0.2) is 6.61 Å². The van der Waals surface area contributed by atoms with Gasteiger partial charge in [-0.15, -0.1) is 0 Å². The van der Waals surface area contributed by atoms with Crippen molar-refractivity contribution in [3.05, 3.63) is 27.2 Å². The van der Waals surface area contributed by atoms with Gasteiger partial charge in [-0.25, -0.2) is 0 Å². The molecule has 0 spiro atoms. The minimum Gasteiger partial charge on any atom is -0.482 e. The molecule has 0 bridgehead atoms. The van der Waals surface area contributed by atoms with Crippen molar-refractivity contribution in [1.29, 1.82) is 0 Å². The molecule has 106 valence electrons. The van der Waals surface area contributed by atoms with Crippen LogP contribution in [-0.2, 0) is 9.53 Å². The molecule has 0 saturated heterocycles. The molecule has 0 aliphatic carbocycles. The third-order valence-corrected chi connectivity index (χ3v) is 3.18. The summed E-state index contributed by atoms with van der Waals surface area (Å²) in [6.07, 6.45) is 0. The van der Waals surface area contributed by atoms with E-state index in [-0.39, 0.29) is 18.6 Å². The molecule has 1 amide bonds. The molecular formula is C12H14Cl3NO3. The summed E-state index contributed by atoms with van der Waals surface area (Å²) >= 11 is 17.5. The number of benzene rings is 1. The van der Waals surface area contributed by atoms with Crippen LogP contribution in [0.3, 0.4) is 0 Å². The fraction of sp³-hybridized carbons (Fsp3) is 0.417. The molecule has 19 heavy (non-hydrogen) atoms. The number of rotatable bonds is 6. The third kappa shape index (κ3) is 5.45. The van der Waals surface area contributed by atoms with Crippen LogP contribution in [0.15, 0.2) is 12.1 Å². The number of ether oxygens (including phenoxy) is 2. The Labute approximate surface area is 126 Å². The van der Waals surface area contributed by atoms with E-state index < -0.39 is 0 Å². The van der Waals surface area contributed by atoms with Gasteiger partial charge in [-0.05, 0) is 13.0 Å². The maximum atomic E-state index is 11.6. The van der Waals surface area contributed by atoms with E-state index in [1.807, 2.05) is 6.92 Å². The Morgan fingerprint density at radius 1 is 1.26 bits per heavy atom. The van der Waals surface area contributed by atoms with E-state index in [1.165, 1.54) is 12.1 Å². The van der Waals surface area contributed by atoms with Crippen LogP contribution in [-0.4, -0.2) is 32.3 Å². The first-order chi connectivity index (χ1) is 8.93. The van der Waals surface area contributed by atoms with Gasteiger partial charge in [-0.1, -0.05) is 34.8 Å². The minimum atomic E-state index is -0.272. The van der Waals surface area contributed by atoms with Gasteiger partial charge in [0.05, 0.1) is 21.7 Å². The van der Waals surface area contributed by atoms with Crippen LogP contribution >= 0.6 is 34.8 Å². The van der Waals surface area contributed by atoms with Crippen molar-refractivity contribution >= 4 is 40.7 Å².